The largest absolute Gasteiger partial charge is 0.489 e. The van der Waals surface area contributed by atoms with Gasteiger partial charge in [-0.05, 0) is 37.8 Å². The van der Waals surface area contributed by atoms with Crippen LogP contribution in [-0.2, 0) is 0 Å². The van der Waals surface area contributed by atoms with Crippen LogP contribution in [0.2, 0.25) is 0 Å². The SMILES string of the molecule is CC(C)CCC(C)NCCOc1cc(Br)cc(F)c1F. The predicted octanol–water partition coefficient (Wildman–Crippen LogP) is 4.52. The molecule has 0 spiro atoms. The van der Waals surface area contributed by atoms with Gasteiger partial charge < -0.3 is 10.1 Å². The highest BCUT2D eigenvalue weighted by molar-refractivity contribution is 9.10. The van der Waals surface area contributed by atoms with Crippen LogP contribution in [0, 0.1) is 17.6 Å². The molecule has 0 fully saturated rings. The van der Waals surface area contributed by atoms with Crippen LogP contribution in [0.1, 0.15) is 33.6 Å². The van der Waals surface area contributed by atoms with E-state index in [0.717, 1.165) is 12.5 Å². The fraction of sp³-hybridized carbons (Fsp3) is 0.600. The highest BCUT2D eigenvalue weighted by Crippen LogP contribution is 2.25. The van der Waals surface area contributed by atoms with Crippen LogP contribution in [0.25, 0.3) is 0 Å². The Kier molecular flexibility index (Phi) is 7.45. The normalized spacial score (nSPS) is 12.8. The van der Waals surface area contributed by atoms with Crippen LogP contribution in [0.5, 0.6) is 5.75 Å². The summed E-state index contributed by atoms with van der Waals surface area (Å²) in [5.41, 5.74) is 0. The molecule has 1 N–H and O–H groups in total. The first-order valence-electron chi connectivity index (χ1n) is 6.91. The van der Waals surface area contributed by atoms with Crippen LogP contribution in [0.3, 0.4) is 0 Å². The van der Waals surface area contributed by atoms with Gasteiger partial charge in [0, 0.05) is 17.1 Å². The zero-order chi connectivity index (χ0) is 15.1. The van der Waals surface area contributed by atoms with Crippen molar-refractivity contribution in [3.8, 4) is 5.75 Å². The lowest BCUT2D eigenvalue weighted by molar-refractivity contribution is 0.284. The third-order valence-electron chi connectivity index (χ3n) is 2.99. The Morgan fingerprint density at radius 2 is 1.90 bits per heavy atom. The zero-order valence-corrected chi connectivity index (χ0v) is 13.8. The topological polar surface area (TPSA) is 21.3 Å². The van der Waals surface area contributed by atoms with Gasteiger partial charge in [-0.25, -0.2) is 4.39 Å². The van der Waals surface area contributed by atoms with Gasteiger partial charge in [0.15, 0.2) is 11.6 Å². The second-order valence-corrected chi connectivity index (χ2v) is 6.29. The standard InChI is InChI=1S/C15H22BrF2NO/c1-10(2)4-5-11(3)19-6-7-20-14-9-12(16)8-13(17)15(14)18/h8-11,19H,4-7H2,1-3H3. The van der Waals surface area contributed by atoms with Gasteiger partial charge in [0.1, 0.15) is 6.61 Å². The molecule has 5 heteroatoms. The average Bonchev–Trinajstić information content (AvgIpc) is 2.37. The van der Waals surface area contributed by atoms with E-state index in [1.54, 1.807) is 0 Å². The number of rotatable bonds is 8. The van der Waals surface area contributed by atoms with Crippen LogP contribution in [0.4, 0.5) is 8.78 Å². The third-order valence-corrected chi connectivity index (χ3v) is 3.45. The van der Waals surface area contributed by atoms with E-state index in [2.05, 4.69) is 42.0 Å². The van der Waals surface area contributed by atoms with Gasteiger partial charge in [-0.15, -0.1) is 0 Å². The van der Waals surface area contributed by atoms with E-state index >= 15 is 0 Å². The van der Waals surface area contributed by atoms with E-state index in [9.17, 15) is 8.78 Å². The maximum Gasteiger partial charge on any atom is 0.200 e. The van der Waals surface area contributed by atoms with E-state index in [1.807, 2.05) is 0 Å². The fourth-order valence-corrected chi connectivity index (χ4v) is 2.20. The Balaban J connectivity index is 2.31. The first kappa shape index (κ1) is 17.4. The molecule has 1 aromatic carbocycles. The molecular formula is C15H22BrF2NO. The van der Waals surface area contributed by atoms with Crippen molar-refractivity contribution in [3.05, 3.63) is 28.2 Å². The quantitative estimate of drug-likeness (QED) is 0.550. The summed E-state index contributed by atoms with van der Waals surface area (Å²) in [6.45, 7) is 7.41. The minimum absolute atomic E-state index is 0.0616. The van der Waals surface area contributed by atoms with Crippen molar-refractivity contribution < 1.29 is 13.5 Å². The summed E-state index contributed by atoms with van der Waals surface area (Å²) in [5.74, 6) is -1.23. The summed E-state index contributed by atoms with van der Waals surface area (Å²) in [7, 11) is 0. The molecule has 20 heavy (non-hydrogen) atoms. The zero-order valence-electron chi connectivity index (χ0n) is 12.2. The predicted molar refractivity (Wildman–Crippen MR) is 81.1 cm³/mol. The lowest BCUT2D eigenvalue weighted by Gasteiger charge is -2.15. The van der Waals surface area contributed by atoms with Crippen molar-refractivity contribution >= 4 is 15.9 Å². The molecular weight excluding hydrogens is 328 g/mol. The second-order valence-electron chi connectivity index (χ2n) is 5.37. The van der Waals surface area contributed by atoms with E-state index in [1.165, 1.54) is 12.5 Å². The van der Waals surface area contributed by atoms with E-state index in [4.69, 9.17) is 4.74 Å². The minimum atomic E-state index is -0.943. The van der Waals surface area contributed by atoms with Gasteiger partial charge in [0.25, 0.3) is 0 Å². The molecule has 0 saturated carbocycles. The molecule has 0 aliphatic rings. The molecule has 0 saturated heterocycles. The number of hydrogen-bond donors (Lipinski definition) is 1. The molecule has 0 aliphatic heterocycles. The van der Waals surface area contributed by atoms with Crippen molar-refractivity contribution in [2.75, 3.05) is 13.2 Å². The minimum Gasteiger partial charge on any atom is -0.489 e. The molecule has 1 atom stereocenters. The molecule has 0 aromatic heterocycles. The lowest BCUT2D eigenvalue weighted by Crippen LogP contribution is -2.30. The van der Waals surface area contributed by atoms with Crippen molar-refractivity contribution in [1.29, 1.82) is 0 Å². The van der Waals surface area contributed by atoms with Gasteiger partial charge in [-0.2, -0.15) is 4.39 Å². The van der Waals surface area contributed by atoms with Crippen LogP contribution >= 0.6 is 15.9 Å². The fourth-order valence-electron chi connectivity index (χ4n) is 1.79. The molecule has 1 aromatic rings. The summed E-state index contributed by atoms with van der Waals surface area (Å²) in [4.78, 5) is 0. The van der Waals surface area contributed by atoms with Crippen molar-refractivity contribution in [1.82, 2.24) is 5.32 Å². The first-order chi connectivity index (χ1) is 9.40. The van der Waals surface area contributed by atoms with Crippen LogP contribution in [0.15, 0.2) is 16.6 Å². The Labute approximate surface area is 128 Å². The molecule has 0 radical (unpaired) electrons. The summed E-state index contributed by atoms with van der Waals surface area (Å²) < 4.78 is 32.3. The maximum atomic E-state index is 13.4. The molecule has 0 amide bonds. The monoisotopic (exact) mass is 349 g/mol. The molecule has 114 valence electrons. The molecule has 1 unspecified atom stereocenters. The summed E-state index contributed by atoms with van der Waals surface area (Å²) in [5, 5.41) is 3.30. The average molecular weight is 350 g/mol. The van der Waals surface area contributed by atoms with Crippen molar-refractivity contribution in [2.45, 2.75) is 39.7 Å². The molecule has 0 bridgehead atoms. The lowest BCUT2D eigenvalue weighted by atomic mass is 10.0. The maximum absolute atomic E-state index is 13.4. The van der Waals surface area contributed by atoms with E-state index in [-0.39, 0.29) is 5.75 Å². The summed E-state index contributed by atoms with van der Waals surface area (Å²) >= 11 is 3.11. The highest BCUT2D eigenvalue weighted by atomic mass is 79.9. The number of hydrogen-bond acceptors (Lipinski definition) is 2. The van der Waals surface area contributed by atoms with Crippen LogP contribution in [-0.4, -0.2) is 19.2 Å². The van der Waals surface area contributed by atoms with Crippen molar-refractivity contribution in [2.24, 2.45) is 5.92 Å². The van der Waals surface area contributed by atoms with E-state index in [0.29, 0.717) is 29.6 Å². The Morgan fingerprint density at radius 3 is 2.55 bits per heavy atom. The second kappa shape index (κ2) is 8.57. The Hall–Kier alpha value is -0.680. The summed E-state index contributed by atoms with van der Waals surface area (Å²) in [6.07, 6.45) is 2.26. The number of halogens is 3. The smallest absolute Gasteiger partial charge is 0.200 e. The number of ether oxygens (including phenoxy) is 1. The molecule has 1 rings (SSSR count). The summed E-state index contributed by atoms with van der Waals surface area (Å²) in [6, 6.07) is 2.90. The third kappa shape index (κ3) is 6.18. The van der Waals surface area contributed by atoms with Gasteiger partial charge in [-0.3, -0.25) is 0 Å². The Morgan fingerprint density at radius 1 is 1.20 bits per heavy atom. The molecule has 0 aliphatic carbocycles. The highest BCUT2D eigenvalue weighted by Gasteiger charge is 2.11. The van der Waals surface area contributed by atoms with Gasteiger partial charge in [0.05, 0.1) is 0 Å². The number of benzene rings is 1. The van der Waals surface area contributed by atoms with Crippen LogP contribution < -0.4 is 10.1 Å². The van der Waals surface area contributed by atoms with Gasteiger partial charge in [-0.1, -0.05) is 29.8 Å². The molecule has 2 nitrogen and oxygen atoms in total. The molecule has 0 heterocycles. The van der Waals surface area contributed by atoms with E-state index < -0.39 is 11.6 Å². The Bertz CT molecular complexity index is 427. The van der Waals surface area contributed by atoms with Crippen molar-refractivity contribution in [3.63, 3.8) is 0 Å². The van der Waals surface area contributed by atoms with Gasteiger partial charge in [0.2, 0.25) is 5.82 Å². The number of nitrogens with one attached hydrogen (secondary N) is 1. The van der Waals surface area contributed by atoms with Gasteiger partial charge >= 0.3 is 0 Å². The first-order valence-corrected chi connectivity index (χ1v) is 7.70.